The maximum atomic E-state index is 12.5. The number of aromatic nitrogens is 2. The number of thiophene rings is 1. The van der Waals surface area contributed by atoms with Crippen LogP contribution in [-0.4, -0.2) is 27.0 Å². The molecule has 7 heteroatoms. The Kier molecular flexibility index (Phi) is 5.85. The fourth-order valence-electron chi connectivity index (χ4n) is 2.32. The van der Waals surface area contributed by atoms with E-state index in [9.17, 15) is 4.79 Å². The van der Waals surface area contributed by atoms with E-state index in [0.717, 1.165) is 10.4 Å². The highest BCUT2D eigenvalue weighted by atomic mass is 35.5. The van der Waals surface area contributed by atoms with Crippen LogP contribution in [0.3, 0.4) is 0 Å². The highest BCUT2D eigenvalue weighted by Crippen LogP contribution is 2.21. The van der Waals surface area contributed by atoms with Crippen molar-refractivity contribution in [3.05, 3.63) is 63.6 Å². The third kappa shape index (κ3) is 4.59. The molecule has 0 spiro atoms. The third-order valence-corrected chi connectivity index (χ3v) is 4.79. The SMILES string of the molecule is CC(C)N(Cc1nnc(-c2ccc(Cl)cc2)o1)C(=O)C=Cc1cccs1. The van der Waals surface area contributed by atoms with Crippen LogP contribution in [0.15, 0.2) is 52.3 Å². The molecule has 2 aromatic heterocycles. The summed E-state index contributed by atoms with van der Waals surface area (Å²) in [6, 6.07) is 11.1. The molecule has 0 N–H and O–H groups in total. The van der Waals surface area contributed by atoms with Crippen LogP contribution in [0.5, 0.6) is 0 Å². The van der Waals surface area contributed by atoms with E-state index in [0.29, 0.717) is 16.8 Å². The van der Waals surface area contributed by atoms with Crippen molar-refractivity contribution in [2.24, 2.45) is 0 Å². The molecule has 0 atom stereocenters. The van der Waals surface area contributed by atoms with Gasteiger partial charge in [0, 0.05) is 27.6 Å². The summed E-state index contributed by atoms with van der Waals surface area (Å²) in [6.07, 6.45) is 3.39. The van der Waals surface area contributed by atoms with E-state index in [1.54, 1.807) is 34.4 Å². The van der Waals surface area contributed by atoms with Crippen molar-refractivity contribution < 1.29 is 9.21 Å². The van der Waals surface area contributed by atoms with Gasteiger partial charge in [0.05, 0.1) is 6.54 Å². The molecule has 0 aliphatic rings. The van der Waals surface area contributed by atoms with Gasteiger partial charge in [-0.05, 0) is 55.6 Å². The highest BCUT2D eigenvalue weighted by Gasteiger charge is 2.19. The van der Waals surface area contributed by atoms with E-state index in [2.05, 4.69) is 10.2 Å². The van der Waals surface area contributed by atoms with E-state index in [1.807, 2.05) is 49.6 Å². The first-order valence-electron chi connectivity index (χ1n) is 8.13. The summed E-state index contributed by atoms with van der Waals surface area (Å²) in [6.45, 7) is 4.16. The van der Waals surface area contributed by atoms with Crippen molar-refractivity contribution in [1.29, 1.82) is 0 Å². The van der Waals surface area contributed by atoms with E-state index < -0.39 is 0 Å². The minimum absolute atomic E-state index is 0.00127. The molecule has 5 nitrogen and oxygen atoms in total. The Morgan fingerprint density at radius 1 is 1.27 bits per heavy atom. The van der Waals surface area contributed by atoms with Crippen molar-refractivity contribution in [1.82, 2.24) is 15.1 Å². The van der Waals surface area contributed by atoms with Gasteiger partial charge in [0.25, 0.3) is 0 Å². The average molecular weight is 388 g/mol. The van der Waals surface area contributed by atoms with E-state index in [1.165, 1.54) is 0 Å². The zero-order valence-corrected chi connectivity index (χ0v) is 16.0. The number of carbonyl (C=O) groups is 1. The van der Waals surface area contributed by atoms with Crippen molar-refractivity contribution in [3.8, 4) is 11.5 Å². The lowest BCUT2D eigenvalue weighted by Crippen LogP contribution is -2.35. The van der Waals surface area contributed by atoms with E-state index >= 15 is 0 Å². The topological polar surface area (TPSA) is 59.2 Å². The van der Waals surface area contributed by atoms with Gasteiger partial charge < -0.3 is 9.32 Å². The molecule has 0 unspecified atom stereocenters. The van der Waals surface area contributed by atoms with Crippen LogP contribution in [0.1, 0.15) is 24.6 Å². The Labute approximate surface area is 160 Å². The lowest BCUT2D eigenvalue weighted by molar-refractivity contribution is -0.128. The fraction of sp³-hybridized carbons (Fsp3) is 0.211. The Morgan fingerprint density at radius 2 is 2.04 bits per heavy atom. The van der Waals surface area contributed by atoms with E-state index in [-0.39, 0.29) is 18.5 Å². The minimum atomic E-state index is -0.0976. The molecule has 1 aromatic carbocycles. The fourth-order valence-corrected chi connectivity index (χ4v) is 3.07. The second-order valence-electron chi connectivity index (χ2n) is 5.92. The highest BCUT2D eigenvalue weighted by molar-refractivity contribution is 7.10. The molecule has 0 saturated heterocycles. The van der Waals surface area contributed by atoms with Crippen LogP contribution in [0.4, 0.5) is 0 Å². The number of benzene rings is 1. The van der Waals surface area contributed by atoms with Gasteiger partial charge in [0.1, 0.15) is 0 Å². The van der Waals surface area contributed by atoms with Crippen molar-refractivity contribution in [2.75, 3.05) is 0 Å². The van der Waals surface area contributed by atoms with Gasteiger partial charge in [-0.3, -0.25) is 4.79 Å². The summed E-state index contributed by atoms with van der Waals surface area (Å²) in [4.78, 5) is 15.3. The largest absolute Gasteiger partial charge is 0.419 e. The van der Waals surface area contributed by atoms with Gasteiger partial charge in [-0.1, -0.05) is 17.7 Å². The molecule has 134 valence electrons. The second-order valence-corrected chi connectivity index (χ2v) is 7.33. The zero-order chi connectivity index (χ0) is 18.5. The smallest absolute Gasteiger partial charge is 0.247 e. The van der Waals surface area contributed by atoms with Gasteiger partial charge in [-0.25, -0.2) is 0 Å². The maximum Gasteiger partial charge on any atom is 0.247 e. The van der Waals surface area contributed by atoms with Gasteiger partial charge in [0.15, 0.2) is 0 Å². The summed E-state index contributed by atoms with van der Waals surface area (Å²) in [5.74, 6) is 0.697. The first kappa shape index (κ1) is 18.4. The van der Waals surface area contributed by atoms with Crippen LogP contribution >= 0.6 is 22.9 Å². The van der Waals surface area contributed by atoms with Gasteiger partial charge in [0.2, 0.25) is 17.7 Å². The number of rotatable bonds is 6. The molecule has 0 saturated carbocycles. The number of nitrogens with zero attached hydrogens (tertiary/aromatic N) is 3. The molecule has 0 bridgehead atoms. The molecule has 0 radical (unpaired) electrons. The lowest BCUT2D eigenvalue weighted by Gasteiger charge is -2.23. The first-order chi connectivity index (χ1) is 12.5. The van der Waals surface area contributed by atoms with Crippen LogP contribution in [0, 0.1) is 0 Å². The molecule has 3 aromatic rings. The van der Waals surface area contributed by atoms with Crippen molar-refractivity contribution in [3.63, 3.8) is 0 Å². The van der Waals surface area contributed by atoms with Crippen molar-refractivity contribution >= 4 is 34.9 Å². The number of carbonyl (C=O) groups excluding carboxylic acids is 1. The van der Waals surface area contributed by atoms with Crippen LogP contribution < -0.4 is 0 Å². The molecule has 0 fully saturated rings. The summed E-state index contributed by atoms with van der Waals surface area (Å²) in [5, 5.41) is 10.7. The summed E-state index contributed by atoms with van der Waals surface area (Å²) in [5.41, 5.74) is 0.785. The number of hydrogen-bond donors (Lipinski definition) is 0. The van der Waals surface area contributed by atoms with Gasteiger partial charge >= 0.3 is 0 Å². The van der Waals surface area contributed by atoms with Crippen LogP contribution in [0.2, 0.25) is 5.02 Å². The molecule has 26 heavy (non-hydrogen) atoms. The number of halogens is 1. The van der Waals surface area contributed by atoms with E-state index in [4.69, 9.17) is 16.0 Å². The second kappa shape index (κ2) is 8.29. The third-order valence-electron chi connectivity index (χ3n) is 3.70. The molecule has 1 amide bonds. The molecular weight excluding hydrogens is 370 g/mol. The monoisotopic (exact) mass is 387 g/mol. The Hall–Kier alpha value is -2.44. The summed E-state index contributed by atoms with van der Waals surface area (Å²) in [7, 11) is 0. The van der Waals surface area contributed by atoms with Crippen molar-refractivity contribution in [2.45, 2.75) is 26.4 Å². The summed E-state index contributed by atoms with van der Waals surface area (Å²) < 4.78 is 5.71. The molecule has 0 aliphatic carbocycles. The molecule has 3 rings (SSSR count). The quantitative estimate of drug-likeness (QED) is 0.564. The van der Waals surface area contributed by atoms with Crippen LogP contribution in [0.25, 0.3) is 17.5 Å². The zero-order valence-electron chi connectivity index (χ0n) is 14.4. The predicted molar refractivity (Wildman–Crippen MR) is 104 cm³/mol. The van der Waals surface area contributed by atoms with Gasteiger partial charge in [-0.2, -0.15) is 0 Å². The molecule has 0 aliphatic heterocycles. The predicted octanol–water partition coefficient (Wildman–Crippen LogP) is 4.90. The Balaban J connectivity index is 1.72. The number of amides is 1. The minimum Gasteiger partial charge on any atom is -0.419 e. The lowest BCUT2D eigenvalue weighted by atomic mass is 10.2. The first-order valence-corrected chi connectivity index (χ1v) is 9.39. The average Bonchev–Trinajstić information content (AvgIpc) is 3.30. The maximum absolute atomic E-state index is 12.5. The van der Waals surface area contributed by atoms with Crippen LogP contribution in [-0.2, 0) is 11.3 Å². The summed E-state index contributed by atoms with van der Waals surface area (Å²) >= 11 is 7.48. The van der Waals surface area contributed by atoms with Gasteiger partial charge in [-0.15, -0.1) is 21.5 Å². The number of hydrogen-bond acceptors (Lipinski definition) is 5. The standard InChI is InChI=1S/C19H18ClN3O2S/c1-13(2)23(18(24)10-9-16-4-3-11-26-16)12-17-21-22-19(25-17)14-5-7-15(20)8-6-14/h3-11,13H,12H2,1-2H3. The Bertz CT molecular complexity index is 886. The molecule has 2 heterocycles. The molecular formula is C19H18ClN3O2S. The Morgan fingerprint density at radius 3 is 2.69 bits per heavy atom. The normalized spacial score (nSPS) is 11.4.